The average Bonchev–Trinajstić information content (AvgIpc) is 3.03. The predicted octanol–water partition coefficient (Wildman–Crippen LogP) is 6.67. The van der Waals surface area contributed by atoms with Gasteiger partial charge in [0.15, 0.2) is 0 Å². The zero-order valence-corrected chi connectivity index (χ0v) is 23.9. The number of anilines is 3. The van der Waals surface area contributed by atoms with Gasteiger partial charge in [-0.2, -0.15) is 26.3 Å². The van der Waals surface area contributed by atoms with E-state index < -0.39 is 51.8 Å². The molecule has 7 nitrogen and oxygen atoms in total. The van der Waals surface area contributed by atoms with E-state index in [0.29, 0.717) is 29.3 Å². The maximum atomic E-state index is 13.5. The number of pyridine rings is 1. The molecule has 4 unspecified atom stereocenters. The van der Waals surface area contributed by atoms with Gasteiger partial charge in [0.2, 0.25) is 0 Å². The molecular weight excluding hydrogens is 602 g/mol. The van der Waals surface area contributed by atoms with E-state index in [9.17, 15) is 35.9 Å². The molecule has 3 aliphatic rings. The smallest absolute Gasteiger partial charge is 0.416 e. The van der Waals surface area contributed by atoms with Crippen molar-refractivity contribution in [1.29, 1.82) is 0 Å². The molecule has 0 spiro atoms. The molecule has 0 aliphatic carbocycles. The Balaban J connectivity index is 1.43. The number of hydrogen-bond donors (Lipinski definition) is 2. The monoisotopic (exact) mass is 630 g/mol. The van der Waals surface area contributed by atoms with Gasteiger partial charge in [0.1, 0.15) is 17.1 Å². The Bertz CT molecular complexity index is 1810. The minimum Gasteiger partial charge on any atom is -0.497 e. The molecule has 3 saturated heterocycles. The summed E-state index contributed by atoms with van der Waals surface area (Å²) in [5, 5.41) is 6.30. The molecule has 1 aromatic heterocycles. The molecule has 13 heteroatoms. The summed E-state index contributed by atoms with van der Waals surface area (Å²) in [6.07, 6.45) is -4.94. The number of alkyl halides is 6. The number of piperidine rings is 3. The molecular formula is C32H28F6N4O3. The van der Waals surface area contributed by atoms with Crippen LogP contribution < -0.4 is 26.2 Å². The van der Waals surface area contributed by atoms with Crippen LogP contribution in [0.25, 0.3) is 10.9 Å². The van der Waals surface area contributed by atoms with Crippen molar-refractivity contribution in [2.75, 3.05) is 30.8 Å². The molecule has 0 amide bonds. The first-order valence-electron chi connectivity index (χ1n) is 14.2. The first kappa shape index (κ1) is 30.6. The average molecular weight is 631 g/mol. The Hall–Kier alpha value is -4.39. The van der Waals surface area contributed by atoms with Crippen molar-refractivity contribution in [3.8, 4) is 5.75 Å². The number of methoxy groups -OCH3 is 1. The van der Waals surface area contributed by atoms with Crippen molar-refractivity contribution in [2.45, 2.75) is 37.3 Å². The van der Waals surface area contributed by atoms with E-state index in [-0.39, 0.29) is 23.7 Å². The molecule has 2 bridgehead atoms. The molecule has 5 atom stereocenters. The van der Waals surface area contributed by atoms with E-state index >= 15 is 0 Å². The fourth-order valence-corrected chi connectivity index (χ4v) is 6.63. The van der Waals surface area contributed by atoms with Crippen LogP contribution in [0.2, 0.25) is 0 Å². The highest BCUT2D eigenvalue weighted by atomic mass is 19.4. The molecule has 3 aromatic carbocycles. The van der Waals surface area contributed by atoms with Crippen molar-refractivity contribution >= 4 is 28.0 Å². The highest BCUT2D eigenvalue weighted by Gasteiger charge is 2.44. The van der Waals surface area contributed by atoms with Gasteiger partial charge in [0.25, 0.3) is 10.9 Å². The Morgan fingerprint density at radius 2 is 1.69 bits per heavy atom. The zero-order chi connectivity index (χ0) is 32.3. The minimum atomic E-state index is -5.08. The molecule has 4 aromatic rings. The molecule has 2 N–H and O–H groups in total. The van der Waals surface area contributed by atoms with E-state index in [1.54, 1.807) is 30.5 Å². The van der Waals surface area contributed by atoms with Gasteiger partial charge < -0.3 is 15.4 Å². The normalized spacial score (nSPS) is 22.4. The summed E-state index contributed by atoms with van der Waals surface area (Å²) in [6.45, 7) is 5.48. The standard InChI is InChI=1S/C32H28F6N4O3/c1-3-16-15-42-9-7-17(16)10-25(42)26(22-6-8-39-24-5-4-21(45-2)14-23(22)24)41-28-27(29(43)30(28)44)40-20-12-18(31(33,34)35)11-19(13-20)32(36,37)38/h3-6,8,11-14,16-17,25-26,40-41H,1,7,9-10,15H2,2H3/t16?,17?,25?,26-/m1/s1. The van der Waals surface area contributed by atoms with Crippen LogP contribution in [0, 0.1) is 11.8 Å². The topological polar surface area (TPSA) is 83.6 Å². The maximum absolute atomic E-state index is 13.5. The molecule has 4 heterocycles. The van der Waals surface area contributed by atoms with Crippen LogP contribution in [0.3, 0.4) is 0 Å². The van der Waals surface area contributed by atoms with Gasteiger partial charge in [-0.15, -0.1) is 6.58 Å². The van der Waals surface area contributed by atoms with E-state index in [1.165, 1.54) is 7.11 Å². The second kappa shape index (κ2) is 11.2. The van der Waals surface area contributed by atoms with Crippen LogP contribution >= 0.6 is 0 Å². The quantitative estimate of drug-likeness (QED) is 0.128. The summed E-state index contributed by atoms with van der Waals surface area (Å²) in [6, 6.07) is 7.29. The zero-order valence-electron chi connectivity index (χ0n) is 23.9. The molecule has 3 fully saturated rings. The third-order valence-electron chi connectivity index (χ3n) is 8.92. The molecule has 236 valence electrons. The van der Waals surface area contributed by atoms with Gasteiger partial charge in [-0.1, -0.05) is 6.08 Å². The van der Waals surface area contributed by atoms with Crippen LogP contribution in [0.4, 0.5) is 43.4 Å². The first-order chi connectivity index (χ1) is 21.3. The number of benzene rings is 2. The maximum Gasteiger partial charge on any atom is 0.416 e. The Kier molecular flexibility index (Phi) is 7.62. The summed E-state index contributed by atoms with van der Waals surface area (Å²) in [5.41, 5.74) is -4.95. The highest BCUT2D eigenvalue weighted by Crippen LogP contribution is 2.44. The molecule has 45 heavy (non-hydrogen) atoms. The van der Waals surface area contributed by atoms with Crippen LogP contribution in [-0.2, 0) is 12.4 Å². The van der Waals surface area contributed by atoms with Gasteiger partial charge in [-0.05, 0) is 79.3 Å². The van der Waals surface area contributed by atoms with Gasteiger partial charge >= 0.3 is 12.4 Å². The van der Waals surface area contributed by atoms with Crippen LogP contribution in [-0.4, -0.2) is 36.1 Å². The largest absolute Gasteiger partial charge is 0.497 e. The van der Waals surface area contributed by atoms with Gasteiger partial charge in [0, 0.05) is 29.9 Å². The number of nitrogens with one attached hydrogen (secondary N) is 2. The van der Waals surface area contributed by atoms with Crippen molar-refractivity contribution in [3.05, 3.63) is 98.5 Å². The van der Waals surface area contributed by atoms with Crippen molar-refractivity contribution in [1.82, 2.24) is 9.88 Å². The molecule has 3 aliphatic heterocycles. The molecule has 0 radical (unpaired) electrons. The number of ether oxygens (including phenoxy) is 1. The second-order valence-corrected chi connectivity index (χ2v) is 11.5. The highest BCUT2D eigenvalue weighted by molar-refractivity contribution is 5.85. The van der Waals surface area contributed by atoms with Crippen molar-refractivity contribution in [3.63, 3.8) is 0 Å². The lowest BCUT2D eigenvalue weighted by atomic mass is 9.73. The fourth-order valence-electron chi connectivity index (χ4n) is 6.63. The van der Waals surface area contributed by atoms with E-state index in [2.05, 4.69) is 27.1 Å². The summed E-state index contributed by atoms with van der Waals surface area (Å²) in [5.74, 6) is 1.16. The van der Waals surface area contributed by atoms with Crippen LogP contribution in [0.5, 0.6) is 5.75 Å². The van der Waals surface area contributed by atoms with Crippen molar-refractivity contribution < 1.29 is 31.1 Å². The summed E-state index contributed by atoms with van der Waals surface area (Å²) < 4.78 is 86.4. The third kappa shape index (κ3) is 5.65. The van der Waals surface area contributed by atoms with Crippen LogP contribution in [0.1, 0.15) is 35.6 Å². The number of nitrogens with zero attached hydrogens (tertiary/aromatic N) is 2. The summed E-state index contributed by atoms with van der Waals surface area (Å²) in [7, 11) is 1.52. The third-order valence-corrected chi connectivity index (χ3v) is 8.92. The van der Waals surface area contributed by atoms with E-state index in [4.69, 9.17) is 4.74 Å². The SMILES string of the molecule is C=CC1CN2CCC1CC2[C@H](Nc1c(Nc2cc(C(F)(F)F)cc(C(F)(F)F)c2)c(=O)c1=O)c1ccnc2ccc(OC)cc12. The van der Waals surface area contributed by atoms with Crippen LogP contribution in [0.15, 0.2) is 70.9 Å². The number of aromatic nitrogens is 1. The van der Waals surface area contributed by atoms with E-state index in [1.807, 2.05) is 6.08 Å². The number of hydrogen-bond acceptors (Lipinski definition) is 7. The molecule has 0 saturated carbocycles. The van der Waals surface area contributed by atoms with Gasteiger partial charge in [-0.3, -0.25) is 19.5 Å². The predicted molar refractivity (Wildman–Crippen MR) is 158 cm³/mol. The minimum absolute atomic E-state index is 0.00556. The lowest BCUT2D eigenvalue weighted by Crippen LogP contribution is -2.56. The lowest BCUT2D eigenvalue weighted by Gasteiger charge is -2.52. The fraction of sp³-hybridized carbons (Fsp3) is 0.344. The van der Waals surface area contributed by atoms with Crippen molar-refractivity contribution in [2.24, 2.45) is 11.8 Å². The van der Waals surface area contributed by atoms with Gasteiger partial charge in [0.05, 0.1) is 29.8 Å². The van der Waals surface area contributed by atoms with E-state index in [0.717, 1.165) is 36.9 Å². The second-order valence-electron chi connectivity index (χ2n) is 11.5. The Morgan fingerprint density at radius 1 is 1.00 bits per heavy atom. The number of halogens is 6. The van der Waals surface area contributed by atoms with Gasteiger partial charge in [-0.25, -0.2) is 0 Å². The summed E-state index contributed by atoms with van der Waals surface area (Å²) >= 11 is 0. The first-order valence-corrected chi connectivity index (χ1v) is 14.2. The summed E-state index contributed by atoms with van der Waals surface area (Å²) in [4.78, 5) is 32.4. The number of rotatable bonds is 8. The lowest BCUT2D eigenvalue weighted by molar-refractivity contribution is -0.143. The number of fused-ring (bicyclic) bond motifs is 4. The Morgan fingerprint density at radius 3 is 2.29 bits per heavy atom. The Labute approximate surface area is 253 Å². The molecule has 7 rings (SSSR count).